The smallest absolute Gasteiger partial charge is 0.229 e. The van der Waals surface area contributed by atoms with Gasteiger partial charge in [-0.1, -0.05) is 18.2 Å². The van der Waals surface area contributed by atoms with Crippen molar-refractivity contribution in [1.82, 2.24) is 0 Å². The molecule has 0 spiro atoms. The van der Waals surface area contributed by atoms with Gasteiger partial charge in [-0.05, 0) is 24.3 Å². The third-order valence-electron chi connectivity index (χ3n) is 4.02. The molecule has 1 heterocycles. The maximum Gasteiger partial charge on any atom is 0.229 e. The van der Waals surface area contributed by atoms with Crippen LogP contribution in [0.15, 0.2) is 48.5 Å². The van der Waals surface area contributed by atoms with Gasteiger partial charge in [0.1, 0.15) is 11.5 Å². The highest BCUT2D eigenvalue weighted by Gasteiger charge is 2.35. The van der Waals surface area contributed by atoms with Crippen molar-refractivity contribution in [2.45, 2.75) is 6.42 Å². The molecule has 2 N–H and O–H groups in total. The monoisotopic (exact) mass is 326 g/mol. The van der Waals surface area contributed by atoms with Crippen LogP contribution >= 0.6 is 0 Å². The van der Waals surface area contributed by atoms with E-state index in [2.05, 4.69) is 5.32 Å². The van der Waals surface area contributed by atoms with Crippen LogP contribution in [0.5, 0.6) is 11.5 Å². The normalized spacial score (nSPS) is 17.0. The van der Waals surface area contributed by atoms with Gasteiger partial charge in [-0.15, -0.1) is 0 Å². The summed E-state index contributed by atoms with van der Waals surface area (Å²) < 4.78 is 5.17. The zero-order chi connectivity index (χ0) is 17.1. The summed E-state index contributed by atoms with van der Waals surface area (Å²) in [6.45, 7) is 0.297. The van der Waals surface area contributed by atoms with E-state index in [1.54, 1.807) is 48.4 Å². The van der Waals surface area contributed by atoms with Gasteiger partial charge in [0, 0.05) is 24.7 Å². The van der Waals surface area contributed by atoms with Crippen LogP contribution in [0.4, 0.5) is 11.4 Å². The lowest BCUT2D eigenvalue weighted by Crippen LogP contribution is -2.28. The van der Waals surface area contributed by atoms with E-state index in [1.165, 1.54) is 6.07 Å². The van der Waals surface area contributed by atoms with Crippen molar-refractivity contribution < 1.29 is 19.4 Å². The molecule has 0 aliphatic carbocycles. The molecule has 24 heavy (non-hydrogen) atoms. The Kier molecular flexibility index (Phi) is 4.37. The zero-order valence-electron chi connectivity index (χ0n) is 13.2. The number of phenolic OH excluding ortho intramolecular Hbond substituents is 1. The first kappa shape index (κ1) is 15.9. The second-order valence-corrected chi connectivity index (χ2v) is 5.61. The number of carbonyl (C=O) groups excluding carboxylic acids is 2. The predicted molar refractivity (Wildman–Crippen MR) is 90.2 cm³/mol. The molecule has 1 aliphatic heterocycles. The summed E-state index contributed by atoms with van der Waals surface area (Å²) in [5.74, 6) is -0.207. The maximum atomic E-state index is 12.4. The Labute approximate surface area is 139 Å². The molecule has 2 aromatic carbocycles. The second-order valence-electron chi connectivity index (χ2n) is 5.61. The zero-order valence-corrected chi connectivity index (χ0v) is 13.2. The van der Waals surface area contributed by atoms with Crippen LogP contribution in [-0.4, -0.2) is 30.6 Å². The van der Waals surface area contributed by atoms with Crippen LogP contribution in [0.1, 0.15) is 6.42 Å². The van der Waals surface area contributed by atoms with Crippen molar-refractivity contribution in [3.63, 3.8) is 0 Å². The first-order valence-corrected chi connectivity index (χ1v) is 7.62. The van der Waals surface area contributed by atoms with Crippen LogP contribution < -0.4 is 15.0 Å². The number of ether oxygens (including phenoxy) is 1. The summed E-state index contributed by atoms with van der Waals surface area (Å²) in [6, 6.07) is 13.7. The molecule has 2 amide bonds. The van der Waals surface area contributed by atoms with Crippen LogP contribution in [0.3, 0.4) is 0 Å². The SMILES string of the molecule is COc1cccc(N2C[C@H](C(=O)Nc3ccccc3O)CC2=O)c1. The molecular weight excluding hydrogens is 308 g/mol. The summed E-state index contributed by atoms with van der Waals surface area (Å²) in [4.78, 5) is 26.2. The lowest BCUT2D eigenvalue weighted by atomic mass is 10.1. The maximum absolute atomic E-state index is 12.4. The van der Waals surface area contributed by atoms with Crippen molar-refractivity contribution in [1.29, 1.82) is 0 Å². The minimum absolute atomic E-state index is 0.000162. The van der Waals surface area contributed by atoms with Gasteiger partial charge in [0.05, 0.1) is 18.7 Å². The number of aromatic hydroxyl groups is 1. The molecule has 1 saturated heterocycles. The molecule has 6 heteroatoms. The van der Waals surface area contributed by atoms with Crippen LogP contribution in [-0.2, 0) is 9.59 Å². The van der Waals surface area contributed by atoms with Gasteiger partial charge in [0.2, 0.25) is 11.8 Å². The van der Waals surface area contributed by atoms with Crippen molar-refractivity contribution in [3.8, 4) is 11.5 Å². The van der Waals surface area contributed by atoms with Crippen LogP contribution in [0.2, 0.25) is 0 Å². The topological polar surface area (TPSA) is 78.9 Å². The van der Waals surface area contributed by atoms with Crippen molar-refractivity contribution in [3.05, 3.63) is 48.5 Å². The number of nitrogens with one attached hydrogen (secondary N) is 1. The van der Waals surface area contributed by atoms with E-state index in [-0.39, 0.29) is 24.0 Å². The molecule has 3 rings (SSSR count). The van der Waals surface area contributed by atoms with Crippen LogP contribution in [0, 0.1) is 5.92 Å². The number of rotatable bonds is 4. The molecule has 1 fully saturated rings. The average molecular weight is 326 g/mol. The molecule has 0 saturated carbocycles. The molecule has 124 valence electrons. The molecule has 1 atom stereocenters. The van der Waals surface area contributed by atoms with Crippen molar-refractivity contribution in [2.75, 3.05) is 23.9 Å². The molecule has 0 aromatic heterocycles. The third kappa shape index (κ3) is 3.17. The highest BCUT2D eigenvalue weighted by atomic mass is 16.5. The quantitative estimate of drug-likeness (QED) is 0.846. The number of para-hydroxylation sites is 2. The Morgan fingerprint density at radius 3 is 2.79 bits per heavy atom. The van der Waals surface area contributed by atoms with Gasteiger partial charge in [0.25, 0.3) is 0 Å². The van der Waals surface area contributed by atoms with Gasteiger partial charge in [-0.3, -0.25) is 9.59 Å². The molecule has 0 radical (unpaired) electrons. The second kappa shape index (κ2) is 6.62. The standard InChI is InChI=1S/C18H18N2O4/c1-24-14-6-4-5-13(10-14)20-11-12(9-17(20)22)18(23)19-15-7-2-3-8-16(15)21/h2-8,10,12,21H,9,11H2,1H3,(H,19,23)/t12-/m1/s1. The number of phenols is 1. The molecule has 1 aliphatic rings. The van der Waals surface area contributed by atoms with Gasteiger partial charge in [-0.2, -0.15) is 0 Å². The number of hydrogen-bond acceptors (Lipinski definition) is 4. The van der Waals surface area contributed by atoms with E-state index in [4.69, 9.17) is 4.74 Å². The third-order valence-corrected chi connectivity index (χ3v) is 4.02. The Morgan fingerprint density at radius 2 is 2.04 bits per heavy atom. The van der Waals surface area contributed by atoms with Crippen molar-refractivity contribution >= 4 is 23.2 Å². The lowest BCUT2D eigenvalue weighted by Gasteiger charge is -2.17. The predicted octanol–water partition coefficient (Wildman–Crippen LogP) is 2.39. The Morgan fingerprint density at radius 1 is 1.25 bits per heavy atom. The molecule has 2 aromatic rings. The fourth-order valence-corrected chi connectivity index (χ4v) is 2.73. The Balaban J connectivity index is 1.72. The number of benzene rings is 2. The van der Waals surface area contributed by atoms with Gasteiger partial charge in [-0.25, -0.2) is 0 Å². The number of amides is 2. The number of methoxy groups -OCH3 is 1. The number of hydrogen-bond donors (Lipinski definition) is 2. The molecular formula is C18H18N2O4. The Hall–Kier alpha value is -3.02. The summed E-state index contributed by atoms with van der Waals surface area (Å²) in [6.07, 6.45) is 0.136. The van der Waals surface area contributed by atoms with E-state index in [0.29, 0.717) is 23.7 Å². The fourth-order valence-electron chi connectivity index (χ4n) is 2.73. The minimum atomic E-state index is -0.469. The summed E-state index contributed by atoms with van der Waals surface area (Å²) in [5.41, 5.74) is 1.05. The van der Waals surface area contributed by atoms with Crippen LogP contribution in [0.25, 0.3) is 0 Å². The largest absolute Gasteiger partial charge is 0.506 e. The van der Waals surface area contributed by atoms with Crippen molar-refractivity contribution in [2.24, 2.45) is 5.92 Å². The minimum Gasteiger partial charge on any atom is -0.506 e. The van der Waals surface area contributed by atoms with E-state index in [0.717, 1.165) is 0 Å². The van der Waals surface area contributed by atoms with E-state index in [9.17, 15) is 14.7 Å². The van der Waals surface area contributed by atoms with Gasteiger partial charge < -0.3 is 20.1 Å². The van der Waals surface area contributed by atoms with E-state index >= 15 is 0 Å². The van der Waals surface area contributed by atoms with E-state index < -0.39 is 5.92 Å². The molecule has 6 nitrogen and oxygen atoms in total. The Bertz CT molecular complexity index is 775. The van der Waals surface area contributed by atoms with E-state index in [1.807, 2.05) is 6.07 Å². The summed E-state index contributed by atoms with van der Waals surface area (Å²) >= 11 is 0. The number of nitrogens with zero attached hydrogens (tertiary/aromatic N) is 1. The highest BCUT2D eigenvalue weighted by molar-refractivity contribution is 6.03. The molecule has 0 unspecified atom stereocenters. The first-order valence-electron chi connectivity index (χ1n) is 7.62. The summed E-state index contributed by atoms with van der Waals surface area (Å²) in [7, 11) is 1.56. The summed E-state index contributed by atoms with van der Waals surface area (Å²) in [5, 5.41) is 12.4. The lowest BCUT2D eigenvalue weighted by molar-refractivity contribution is -0.122. The molecule has 0 bridgehead atoms. The first-order chi connectivity index (χ1) is 11.6. The fraction of sp³-hybridized carbons (Fsp3) is 0.222. The highest BCUT2D eigenvalue weighted by Crippen LogP contribution is 2.29. The average Bonchev–Trinajstić information content (AvgIpc) is 2.99. The van der Waals surface area contributed by atoms with Gasteiger partial charge in [0.15, 0.2) is 0 Å². The number of anilines is 2. The van der Waals surface area contributed by atoms with Gasteiger partial charge >= 0.3 is 0 Å². The number of carbonyl (C=O) groups is 2.